The van der Waals surface area contributed by atoms with Crippen LogP contribution in [0, 0.1) is 11.3 Å². The van der Waals surface area contributed by atoms with Crippen LogP contribution in [0.15, 0.2) is 78.7 Å². The molecule has 0 spiro atoms. The molecule has 0 aliphatic rings. The van der Waals surface area contributed by atoms with E-state index in [9.17, 15) is 9.59 Å². The van der Waals surface area contributed by atoms with Crippen LogP contribution in [0.2, 0.25) is 0 Å². The van der Waals surface area contributed by atoms with Crippen molar-refractivity contribution in [1.29, 1.82) is 5.26 Å². The number of carbonyl (C=O) groups excluding carboxylic acids is 2. The zero-order valence-electron chi connectivity index (χ0n) is 17.6. The van der Waals surface area contributed by atoms with E-state index in [0.29, 0.717) is 29.5 Å². The van der Waals surface area contributed by atoms with E-state index < -0.39 is 0 Å². The molecule has 2 aromatic carbocycles. The third-order valence-corrected chi connectivity index (χ3v) is 5.39. The fourth-order valence-corrected chi connectivity index (χ4v) is 3.87. The Kier molecular flexibility index (Phi) is 7.68. The Morgan fingerprint density at radius 1 is 1.16 bits per heavy atom. The standard InChI is InChI=1S/C25H22N4O2S/c1-3-15-28(17-21-11-9-20(16-26)10-12-21)24(31)14-13-22-18-32-25(27-22)29(19(2)30)23-7-5-4-6-8-23/h3-14,18H,1,15,17H2,2H3/b14-13+. The van der Waals surface area contributed by atoms with Gasteiger partial charge in [0.2, 0.25) is 11.8 Å². The van der Waals surface area contributed by atoms with Gasteiger partial charge in [-0.05, 0) is 35.9 Å². The van der Waals surface area contributed by atoms with Crippen LogP contribution >= 0.6 is 11.3 Å². The lowest BCUT2D eigenvalue weighted by molar-refractivity contribution is -0.126. The number of para-hydroxylation sites is 1. The lowest BCUT2D eigenvalue weighted by Gasteiger charge is -2.19. The number of rotatable bonds is 8. The molecule has 6 nitrogen and oxygen atoms in total. The number of nitriles is 1. The van der Waals surface area contributed by atoms with Gasteiger partial charge in [0.1, 0.15) is 0 Å². The third kappa shape index (κ3) is 5.78. The van der Waals surface area contributed by atoms with Crippen molar-refractivity contribution < 1.29 is 9.59 Å². The molecule has 0 bridgehead atoms. The van der Waals surface area contributed by atoms with Gasteiger partial charge in [0.05, 0.1) is 23.0 Å². The van der Waals surface area contributed by atoms with E-state index in [1.54, 1.807) is 39.5 Å². The number of nitrogens with zero attached hydrogens (tertiary/aromatic N) is 4. The SMILES string of the molecule is C=CCN(Cc1ccc(C#N)cc1)C(=O)/C=C/c1csc(N(C(C)=O)c2ccccc2)n1. The summed E-state index contributed by atoms with van der Waals surface area (Å²) in [5.41, 5.74) is 2.83. The monoisotopic (exact) mass is 442 g/mol. The number of benzene rings is 2. The van der Waals surface area contributed by atoms with Crippen LogP contribution in [0.3, 0.4) is 0 Å². The Morgan fingerprint density at radius 3 is 2.50 bits per heavy atom. The van der Waals surface area contributed by atoms with Gasteiger partial charge in [0.15, 0.2) is 5.13 Å². The first-order valence-electron chi connectivity index (χ1n) is 9.90. The summed E-state index contributed by atoms with van der Waals surface area (Å²) < 4.78 is 0. The van der Waals surface area contributed by atoms with E-state index in [-0.39, 0.29) is 11.8 Å². The van der Waals surface area contributed by atoms with Crippen molar-refractivity contribution in [3.63, 3.8) is 0 Å². The predicted molar refractivity (Wildman–Crippen MR) is 127 cm³/mol. The zero-order valence-corrected chi connectivity index (χ0v) is 18.5. The molecule has 0 N–H and O–H groups in total. The molecule has 3 rings (SSSR count). The molecule has 0 atom stereocenters. The first-order chi connectivity index (χ1) is 15.5. The second-order valence-corrected chi connectivity index (χ2v) is 7.73. The average Bonchev–Trinajstić information content (AvgIpc) is 3.26. The van der Waals surface area contributed by atoms with Gasteiger partial charge >= 0.3 is 0 Å². The van der Waals surface area contributed by atoms with Crippen LogP contribution in [-0.4, -0.2) is 28.2 Å². The third-order valence-electron chi connectivity index (χ3n) is 4.54. The fraction of sp³-hybridized carbons (Fsp3) is 0.120. The molecule has 0 radical (unpaired) electrons. The van der Waals surface area contributed by atoms with Gasteiger partial charge in [-0.15, -0.1) is 17.9 Å². The zero-order chi connectivity index (χ0) is 22.9. The maximum absolute atomic E-state index is 12.8. The van der Waals surface area contributed by atoms with Crippen molar-refractivity contribution in [2.45, 2.75) is 13.5 Å². The minimum Gasteiger partial charge on any atom is -0.331 e. The number of anilines is 2. The van der Waals surface area contributed by atoms with E-state index in [4.69, 9.17) is 5.26 Å². The molecule has 0 saturated carbocycles. The second-order valence-electron chi connectivity index (χ2n) is 6.89. The fourth-order valence-electron chi connectivity index (χ4n) is 3.01. The summed E-state index contributed by atoms with van der Waals surface area (Å²) >= 11 is 1.33. The molecule has 160 valence electrons. The van der Waals surface area contributed by atoms with Crippen LogP contribution < -0.4 is 4.90 Å². The number of hydrogen-bond acceptors (Lipinski definition) is 5. The molecular weight excluding hydrogens is 420 g/mol. The number of amides is 2. The van der Waals surface area contributed by atoms with Crippen LogP contribution in [0.25, 0.3) is 6.08 Å². The quantitative estimate of drug-likeness (QED) is 0.366. The van der Waals surface area contributed by atoms with E-state index in [0.717, 1.165) is 11.3 Å². The number of carbonyl (C=O) groups is 2. The Balaban J connectivity index is 1.73. The molecule has 0 unspecified atom stereocenters. The largest absolute Gasteiger partial charge is 0.331 e. The van der Waals surface area contributed by atoms with Crippen molar-refractivity contribution in [2.75, 3.05) is 11.4 Å². The highest BCUT2D eigenvalue weighted by Crippen LogP contribution is 2.29. The van der Waals surface area contributed by atoms with Gasteiger partial charge in [-0.25, -0.2) is 4.98 Å². The molecule has 3 aromatic rings. The summed E-state index contributed by atoms with van der Waals surface area (Å²) in [7, 11) is 0. The molecule has 0 fully saturated rings. The summed E-state index contributed by atoms with van der Waals surface area (Å²) in [6.45, 7) is 6.00. The van der Waals surface area contributed by atoms with Gasteiger partial charge in [0, 0.05) is 31.5 Å². The normalized spacial score (nSPS) is 10.5. The minimum absolute atomic E-state index is 0.142. The van der Waals surface area contributed by atoms with Gasteiger partial charge in [-0.2, -0.15) is 5.26 Å². The van der Waals surface area contributed by atoms with E-state index in [2.05, 4.69) is 17.6 Å². The van der Waals surface area contributed by atoms with Gasteiger partial charge in [-0.3, -0.25) is 14.5 Å². The summed E-state index contributed by atoms with van der Waals surface area (Å²) in [6, 6.07) is 18.5. The highest BCUT2D eigenvalue weighted by atomic mass is 32.1. The molecule has 32 heavy (non-hydrogen) atoms. The summed E-state index contributed by atoms with van der Waals surface area (Å²) in [6.07, 6.45) is 4.77. The summed E-state index contributed by atoms with van der Waals surface area (Å²) in [5.74, 6) is -0.327. The van der Waals surface area contributed by atoms with Crippen molar-refractivity contribution in [2.24, 2.45) is 0 Å². The maximum atomic E-state index is 12.8. The number of hydrogen-bond donors (Lipinski definition) is 0. The molecular formula is C25H22N4O2S. The number of thiazole rings is 1. The smallest absolute Gasteiger partial charge is 0.247 e. The summed E-state index contributed by atoms with van der Waals surface area (Å²) in [4.78, 5) is 32.6. The molecule has 1 aromatic heterocycles. The van der Waals surface area contributed by atoms with Crippen LogP contribution in [0.1, 0.15) is 23.7 Å². The molecule has 0 saturated heterocycles. The Bertz CT molecular complexity index is 1160. The van der Waals surface area contributed by atoms with Crippen molar-refractivity contribution >= 4 is 40.0 Å². The van der Waals surface area contributed by atoms with E-state index >= 15 is 0 Å². The van der Waals surface area contributed by atoms with Gasteiger partial charge in [-0.1, -0.05) is 36.4 Å². The Morgan fingerprint density at radius 2 is 1.88 bits per heavy atom. The molecule has 2 amide bonds. The average molecular weight is 443 g/mol. The van der Waals surface area contributed by atoms with Crippen molar-refractivity contribution in [3.05, 3.63) is 95.5 Å². The first-order valence-corrected chi connectivity index (χ1v) is 10.8. The first kappa shape index (κ1) is 22.7. The number of aromatic nitrogens is 1. The van der Waals surface area contributed by atoms with Gasteiger partial charge in [0.25, 0.3) is 0 Å². The van der Waals surface area contributed by atoms with Crippen LogP contribution in [-0.2, 0) is 16.1 Å². The second kappa shape index (κ2) is 10.8. The van der Waals surface area contributed by atoms with E-state index in [1.807, 2.05) is 42.5 Å². The maximum Gasteiger partial charge on any atom is 0.247 e. The Hall–Kier alpha value is -4.02. The van der Waals surface area contributed by atoms with Crippen LogP contribution in [0.4, 0.5) is 10.8 Å². The Labute approximate surface area is 191 Å². The molecule has 0 aliphatic heterocycles. The highest BCUT2D eigenvalue weighted by Gasteiger charge is 2.17. The van der Waals surface area contributed by atoms with Crippen molar-refractivity contribution in [3.8, 4) is 6.07 Å². The topological polar surface area (TPSA) is 77.3 Å². The van der Waals surface area contributed by atoms with E-state index in [1.165, 1.54) is 24.3 Å². The highest BCUT2D eigenvalue weighted by molar-refractivity contribution is 7.14. The van der Waals surface area contributed by atoms with Gasteiger partial charge < -0.3 is 4.90 Å². The predicted octanol–water partition coefficient (Wildman–Crippen LogP) is 4.93. The van der Waals surface area contributed by atoms with Crippen LogP contribution in [0.5, 0.6) is 0 Å². The minimum atomic E-state index is -0.185. The van der Waals surface area contributed by atoms with Crippen molar-refractivity contribution in [1.82, 2.24) is 9.88 Å². The lowest BCUT2D eigenvalue weighted by atomic mass is 10.1. The molecule has 1 heterocycles. The molecule has 0 aliphatic carbocycles. The lowest BCUT2D eigenvalue weighted by Crippen LogP contribution is -2.29. The molecule has 7 heteroatoms. The summed E-state index contributed by atoms with van der Waals surface area (Å²) in [5, 5.41) is 11.3.